The highest BCUT2D eigenvalue weighted by Crippen LogP contribution is 2.30. The number of fused-ring (bicyclic) bond motifs is 1. The number of phenolic OH excluding ortho intramolecular Hbond substituents is 1. The zero-order chi connectivity index (χ0) is 13.4. The SMILES string of the molecule is CN1CCN(Cc2cn(C)c3cccc(O)c23)CC1. The summed E-state index contributed by atoms with van der Waals surface area (Å²) < 4.78 is 2.10. The molecular weight excluding hydrogens is 238 g/mol. The molecule has 1 aliphatic rings. The summed E-state index contributed by atoms with van der Waals surface area (Å²) in [6.45, 7) is 5.36. The van der Waals surface area contributed by atoms with E-state index in [9.17, 15) is 5.11 Å². The van der Waals surface area contributed by atoms with E-state index in [1.54, 1.807) is 6.07 Å². The maximum atomic E-state index is 10.1. The van der Waals surface area contributed by atoms with Crippen LogP contribution in [0.4, 0.5) is 0 Å². The third-order valence-corrected chi connectivity index (χ3v) is 4.06. The fraction of sp³-hybridized carbons (Fsp3) is 0.467. The molecule has 0 bridgehead atoms. The minimum Gasteiger partial charge on any atom is -0.507 e. The number of nitrogens with zero attached hydrogens (tertiary/aromatic N) is 3. The second-order valence-corrected chi connectivity index (χ2v) is 5.52. The van der Waals surface area contributed by atoms with Crippen molar-refractivity contribution >= 4 is 10.9 Å². The molecule has 102 valence electrons. The van der Waals surface area contributed by atoms with Crippen molar-refractivity contribution in [3.63, 3.8) is 0 Å². The number of likely N-dealkylation sites (N-methyl/N-ethyl adjacent to an activating group) is 1. The third-order valence-electron chi connectivity index (χ3n) is 4.06. The Kier molecular flexibility index (Phi) is 3.21. The molecule has 0 aliphatic carbocycles. The molecule has 0 spiro atoms. The summed E-state index contributed by atoms with van der Waals surface area (Å²) in [6.07, 6.45) is 2.14. The second-order valence-electron chi connectivity index (χ2n) is 5.52. The fourth-order valence-corrected chi connectivity index (χ4v) is 2.89. The molecule has 0 radical (unpaired) electrons. The topological polar surface area (TPSA) is 31.6 Å². The average Bonchev–Trinajstić information content (AvgIpc) is 2.71. The van der Waals surface area contributed by atoms with E-state index in [2.05, 4.69) is 33.7 Å². The Morgan fingerprint density at radius 2 is 1.84 bits per heavy atom. The Morgan fingerprint density at radius 3 is 2.58 bits per heavy atom. The van der Waals surface area contributed by atoms with Crippen LogP contribution < -0.4 is 0 Å². The van der Waals surface area contributed by atoms with E-state index in [-0.39, 0.29) is 0 Å². The van der Waals surface area contributed by atoms with E-state index in [1.807, 2.05) is 13.1 Å². The van der Waals surface area contributed by atoms with Gasteiger partial charge in [-0.1, -0.05) is 6.07 Å². The highest BCUT2D eigenvalue weighted by atomic mass is 16.3. The van der Waals surface area contributed by atoms with Crippen molar-refractivity contribution < 1.29 is 5.11 Å². The predicted octanol–water partition coefficient (Wildman–Crippen LogP) is 1.63. The van der Waals surface area contributed by atoms with Crippen LogP contribution in [0.15, 0.2) is 24.4 Å². The largest absolute Gasteiger partial charge is 0.507 e. The van der Waals surface area contributed by atoms with Crippen molar-refractivity contribution in [3.8, 4) is 5.75 Å². The molecule has 1 aromatic heterocycles. The quantitative estimate of drug-likeness (QED) is 0.889. The van der Waals surface area contributed by atoms with Gasteiger partial charge in [-0.2, -0.15) is 0 Å². The maximum absolute atomic E-state index is 10.1. The Hall–Kier alpha value is -1.52. The first-order valence-electron chi connectivity index (χ1n) is 6.82. The molecule has 19 heavy (non-hydrogen) atoms. The molecule has 4 heteroatoms. The van der Waals surface area contributed by atoms with Crippen LogP contribution in [-0.2, 0) is 13.6 Å². The molecule has 0 saturated carbocycles. The lowest BCUT2D eigenvalue weighted by Crippen LogP contribution is -2.43. The molecule has 1 saturated heterocycles. The predicted molar refractivity (Wildman–Crippen MR) is 77.4 cm³/mol. The molecule has 0 amide bonds. The van der Waals surface area contributed by atoms with Crippen LogP contribution in [0.3, 0.4) is 0 Å². The molecule has 0 atom stereocenters. The number of aryl methyl sites for hydroxylation is 1. The number of benzene rings is 1. The minimum absolute atomic E-state index is 0.391. The summed E-state index contributed by atoms with van der Waals surface area (Å²) in [4.78, 5) is 4.82. The summed E-state index contributed by atoms with van der Waals surface area (Å²) >= 11 is 0. The molecule has 4 nitrogen and oxygen atoms in total. The number of hydrogen-bond donors (Lipinski definition) is 1. The molecule has 1 aliphatic heterocycles. The van der Waals surface area contributed by atoms with Gasteiger partial charge in [0.05, 0.1) is 5.52 Å². The highest BCUT2D eigenvalue weighted by Gasteiger charge is 2.17. The van der Waals surface area contributed by atoms with E-state index in [0.29, 0.717) is 5.75 Å². The van der Waals surface area contributed by atoms with E-state index in [0.717, 1.165) is 43.6 Å². The zero-order valence-electron chi connectivity index (χ0n) is 11.6. The number of aromatic hydroxyl groups is 1. The van der Waals surface area contributed by atoms with E-state index < -0.39 is 0 Å². The Morgan fingerprint density at radius 1 is 1.11 bits per heavy atom. The molecule has 1 aromatic carbocycles. The van der Waals surface area contributed by atoms with Crippen molar-refractivity contribution in [2.24, 2.45) is 7.05 Å². The van der Waals surface area contributed by atoms with Crippen molar-refractivity contribution in [2.45, 2.75) is 6.54 Å². The summed E-state index contributed by atoms with van der Waals surface area (Å²) in [7, 11) is 4.20. The lowest BCUT2D eigenvalue weighted by molar-refractivity contribution is 0.148. The number of aromatic nitrogens is 1. The van der Waals surface area contributed by atoms with Crippen molar-refractivity contribution in [3.05, 3.63) is 30.0 Å². The van der Waals surface area contributed by atoms with Crippen LogP contribution in [-0.4, -0.2) is 52.7 Å². The molecule has 1 fully saturated rings. The number of piperazine rings is 1. The Balaban J connectivity index is 1.89. The first-order chi connectivity index (χ1) is 9.15. The van der Waals surface area contributed by atoms with Crippen LogP contribution >= 0.6 is 0 Å². The van der Waals surface area contributed by atoms with Crippen LogP contribution in [0, 0.1) is 0 Å². The van der Waals surface area contributed by atoms with Gasteiger partial charge in [-0.25, -0.2) is 0 Å². The van der Waals surface area contributed by atoms with E-state index >= 15 is 0 Å². The van der Waals surface area contributed by atoms with Crippen molar-refractivity contribution in [1.29, 1.82) is 0 Å². The van der Waals surface area contributed by atoms with Crippen LogP contribution in [0.25, 0.3) is 10.9 Å². The lowest BCUT2D eigenvalue weighted by atomic mass is 10.1. The Labute approximate surface area is 113 Å². The molecule has 3 rings (SSSR count). The first kappa shape index (κ1) is 12.5. The van der Waals surface area contributed by atoms with Crippen molar-refractivity contribution in [1.82, 2.24) is 14.4 Å². The summed E-state index contributed by atoms with van der Waals surface area (Å²) in [5.41, 5.74) is 2.32. The molecule has 1 N–H and O–H groups in total. The number of phenols is 1. The van der Waals surface area contributed by atoms with Gasteiger partial charge in [0.15, 0.2) is 0 Å². The minimum atomic E-state index is 0.391. The number of hydrogen-bond acceptors (Lipinski definition) is 3. The van der Waals surface area contributed by atoms with E-state index in [1.165, 1.54) is 5.56 Å². The van der Waals surface area contributed by atoms with Gasteiger partial charge in [-0.3, -0.25) is 4.90 Å². The smallest absolute Gasteiger partial charge is 0.125 e. The monoisotopic (exact) mass is 259 g/mol. The van der Waals surface area contributed by atoms with Crippen molar-refractivity contribution in [2.75, 3.05) is 33.2 Å². The van der Waals surface area contributed by atoms with Crippen LogP contribution in [0.1, 0.15) is 5.56 Å². The molecule has 2 heterocycles. The van der Waals surface area contributed by atoms with Gasteiger partial charge in [0, 0.05) is 51.4 Å². The fourth-order valence-electron chi connectivity index (χ4n) is 2.89. The normalized spacial score (nSPS) is 18.2. The summed E-state index contributed by atoms with van der Waals surface area (Å²) in [5.74, 6) is 0.391. The Bertz CT molecular complexity index is 582. The lowest BCUT2D eigenvalue weighted by Gasteiger charge is -2.32. The average molecular weight is 259 g/mol. The van der Waals surface area contributed by atoms with Gasteiger partial charge in [0.1, 0.15) is 5.75 Å². The van der Waals surface area contributed by atoms with Crippen LogP contribution in [0.5, 0.6) is 5.75 Å². The highest BCUT2D eigenvalue weighted by molar-refractivity contribution is 5.89. The molecular formula is C15H21N3O. The zero-order valence-corrected chi connectivity index (χ0v) is 11.6. The van der Waals surface area contributed by atoms with Gasteiger partial charge in [-0.15, -0.1) is 0 Å². The van der Waals surface area contributed by atoms with Crippen LogP contribution in [0.2, 0.25) is 0 Å². The molecule has 2 aromatic rings. The summed E-state index contributed by atoms with van der Waals surface area (Å²) in [6, 6.07) is 5.73. The molecule has 0 unspecified atom stereocenters. The van der Waals surface area contributed by atoms with Gasteiger partial charge in [0.2, 0.25) is 0 Å². The van der Waals surface area contributed by atoms with Gasteiger partial charge >= 0.3 is 0 Å². The first-order valence-corrected chi connectivity index (χ1v) is 6.82. The number of rotatable bonds is 2. The standard InChI is InChI=1S/C15H21N3O/c1-16-6-8-18(9-7-16)11-12-10-17(2)13-4-3-5-14(19)15(12)13/h3-5,10,19H,6-9,11H2,1-2H3. The van der Waals surface area contributed by atoms with E-state index in [4.69, 9.17) is 0 Å². The van der Waals surface area contributed by atoms with Gasteiger partial charge < -0.3 is 14.6 Å². The maximum Gasteiger partial charge on any atom is 0.125 e. The van der Waals surface area contributed by atoms with Gasteiger partial charge in [0.25, 0.3) is 0 Å². The third kappa shape index (κ3) is 2.33. The summed E-state index contributed by atoms with van der Waals surface area (Å²) in [5, 5.41) is 11.1. The van der Waals surface area contributed by atoms with Gasteiger partial charge in [-0.05, 0) is 24.7 Å². The second kappa shape index (κ2) is 4.87.